The summed E-state index contributed by atoms with van der Waals surface area (Å²) in [6.07, 6.45) is 0.413. The van der Waals surface area contributed by atoms with Crippen molar-refractivity contribution in [3.05, 3.63) is 59.1 Å². The number of hydrogen-bond donors (Lipinski definition) is 1. The summed E-state index contributed by atoms with van der Waals surface area (Å²) in [7, 11) is 1.85. The maximum Gasteiger partial charge on any atom is 0.224 e. The van der Waals surface area contributed by atoms with Gasteiger partial charge < -0.3 is 9.88 Å². The molecule has 6 nitrogen and oxygen atoms in total. The Balaban J connectivity index is 1.71. The van der Waals surface area contributed by atoms with Crippen LogP contribution in [0.5, 0.6) is 0 Å². The van der Waals surface area contributed by atoms with Gasteiger partial charge in [0, 0.05) is 35.3 Å². The van der Waals surface area contributed by atoms with E-state index in [1.54, 1.807) is 31.2 Å². The van der Waals surface area contributed by atoms with E-state index >= 15 is 0 Å². The van der Waals surface area contributed by atoms with Crippen molar-refractivity contribution in [2.24, 2.45) is 7.05 Å². The highest BCUT2D eigenvalue weighted by molar-refractivity contribution is 7.99. The van der Waals surface area contributed by atoms with Gasteiger partial charge in [-0.1, -0.05) is 42.4 Å². The molecular weight excluding hydrogens is 396 g/mol. The van der Waals surface area contributed by atoms with Crippen LogP contribution in [0, 0.1) is 0 Å². The molecule has 0 aliphatic rings. The van der Waals surface area contributed by atoms with E-state index in [2.05, 4.69) is 15.5 Å². The summed E-state index contributed by atoms with van der Waals surface area (Å²) in [5.41, 5.74) is 2.15. The zero-order valence-corrected chi connectivity index (χ0v) is 17.0. The fourth-order valence-electron chi connectivity index (χ4n) is 2.53. The zero-order valence-electron chi connectivity index (χ0n) is 15.5. The number of carbonyl (C=O) groups is 2. The van der Waals surface area contributed by atoms with Crippen LogP contribution in [-0.2, 0) is 11.8 Å². The number of aromatic nitrogens is 3. The van der Waals surface area contributed by atoms with Gasteiger partial charge in [-0.15, -0.1) is 10.2 Å². The van der Waals surface area contributed by atoms with Crippen molar-refractivity contribution in [2.75, 3.05) is 11.1 Å². The fourth-order valence-corrected chi connectivity index (χ4v) is 3.46. The first-order valence-corrected chi connectivity index (χ1v) is 10.1. The van der Waals surface area contributed by atoms with Crippen molar-refractivity contribution in [3.8, 4) is 11.4 Å². The number of amides is 1. The van der Waals surface area contributed by atoms with Crippen molar-refractivity contribution in [2.45, 2.75) is 18.5 Å². The van der Waals surface area contributed by atoms with Crippen molar-refractivity contribution < 1.29 is 9.59 Å². The van der Waals surface area contributed by atoms with Gasteiger partial charge in [-0.05, 0) is 36.4 Å². The van der Waals surface area contributed by atoms with Gasteiger partial charge in [0.1, 0.15) is 0 Å². The quantitative estimate of drug-likeness (QED) is 0.456. The van der Waals surface area contributed by atoms with Gasteiger partial charge >= 0.3 is 0 Å². The number of carbonyl (C=O) groups excluding carboxylic acids is 2. The molecule has 0 radical (unpaired) electrons. The third-order valence-electron chi connectivity index (χ3n) is 4.06. The summed E-state index contributed by atoms with van der Waals surface area (Å²) in [5.74, 6) is 0.858. The van der Waals surface area contributed by atoms with Crippen LogP contribution < -0.4 is 5.32 Å². The Morgan fingerprint density at radius 3 is 2.61 bits per heavy atom. The molecule has 3 aromatic rings. The van der Waals surface area contributed by atoms with Crippen molar-refractivity contribution in [1.29, 1.82) is 0 Å². The van der Waals surface area contributed by atoms with Gasteiger partial charge in [0.2, 0.25) is 5.91 Å². The third-order valence-corrected chi connectivity index (χ3v) is 5.33. The maximum atomic E-state index is 12.3. The van der Waals surface area contributed by atoms with Crippen LogP contribution in [0.4, 0.5) is 5.69 Å². The Bertz CT molecular complexity index is 1000. The molecule has 0 aliphatic heterocycles. The van der Waals surface area contributed by atoms with Gasteiger partial charge in [-0.25, -0.2) is 0 Å². The van der Waals surface area contributed by atoms with Crippen molar-refractivity contribution in [3.63, 3.8) is 0 Å². The van der Waals surface area contributed by atoms with E-state index in [1.165, 1.54) is 11.8 Å². The molecule has 0 aliphatic carbocycles. The van der Waals surface area contributed by atoms with E-state index in [0.29, 0.717) is 33.7 Å². The number of thioether (sulfide) groups is 1. The SMILES string of the molecule is CCC(=O)Nc1cccc(-c2nnc(SCC(=O)c3ccc(Cl)cc3)n2C)c1. The summed E-state index contributed by atoms with van der Waals surface area (Å²) in [5, 5.41) is 12.5. The number of nitrogens with zero attached hydrogens (tertiary/aromatic N) is 3. The van der Waals surface area contributed by atoms with Crippen LogP contribution in [0.3, 0.4) is 0 Å². The molecule has 2 aromatic carbocycles. The molecule has 1 heterocycles. The molecule has 0 bridgehead atoms. The number of anilines is 1. The van der Waals surface area contributed by atoms with E-state index in [9.17, 15) is 9.59 Å². The van der Waals surface area contributed by atoms with Gasteiger partial charge in [-0.2, -0.15) is 0 Å². The molecular formula is C20H19ClN4O2S. The van der Waals surface area contributed by atoms with Gasteiger partial charge in [-0.3, -0.25) is 9.59 Å². The van der Waals surface area contributed by atoms with Crippen LogP contribution in [0.25, 0.3) is 11.4 Å². The Labute approximate surface area is 172 Å². The minimum atomic E-state index is -0.0490. The van der Waals surface area contributed by atoms with Gasteiger partial charge in [0.25, 0.3) is 0 Å². The molecule has 1 amide bonds. The Kier molecular flexibility index (Phi) is 6.49. The highest BCUT2D eigenvalue weighted by Gasteiger charge is 2.14. The van der Waals surface area contributed by atoms with E-state index in [4.69, 9.17) is 11.6 Å². The molecule has 0 saturated heterocycles. The monoisotopic (exact) mass is 414 g/mol. The van der Waals surface area contributed by atoms with Crippen LogP contribution in [0.2, 0.25) is 5.02 Å². The number of halogens is 1. The van der Waals surface area contributed by atoms with Crippen LogP contribution in [-0.4, -0.2) is 32.2 Å². The Morgan fingerprint density at radius 1 is 1.14 bits per heavy atom. The predicted octanol–water partition coefficient (Wildman–Crippen LogP) is 4.46. The number of rotatable bonds is 7. The highest BCUT2D eigenvalue weighted by atomic mass is 35.5. The Morgan fingerprint density at radius 2 is 1.89 bits per heavy atom. The molecule has 3 rings (SSSR count). The smallest absolute Gasteiger partial charge is 0.224 e. The second-order valence-corrected chi connectivity index (χ2v) is 7.45. The Hall–Kier alpha value is -2.64. The maximum absolute atomic E-state index is 12.3. The molecule has 0 fully saturated rings. The second-order valence-electron chi connectivity index (χ2n) is 6.07. The average Bonchev–Trinajstić information content (AvgIpc) is 3.07. The number of hydrogen-bond acceptors (Lipinski definition) is 5. The molecule has 0 atom stereocenters. The normalized spacial score (nSPS) is 10.7. The highest BCUT2D eigenvalue weighted by Crippen LogP contribution is 2.25. The van der Waals surface area contributed by atoms with E-state index < -0.39 is 0 Å². The molecule has 1 N–H and O–H groups in total. The lowest BCUT2D eigenvalue weighted by atomic mass is 10.1. The second kappa shape index (κ2) is 9.03. The zero-order chi connectivity index (χ0) is 20.1. The lowest BCUT2D eigenvalue weighted by Gasteiger charge is -2.07. The molecule has 0 spiro atoms. The number of Topliss-reactive ketones (excluding diaryl/α,β-unsaturated/α-hetero) is 1. The first-order valence-electron chi connectivity index (χ1n) is 8.69. The lowest BCUT2D eigenvalue weighted by Crippen LogP contribution is -2.09. The molecule has 1 aromatic heterocycles. The summed E-state index contributed by atoms with van der Waals surface area (Å²) < 4.78 is 1.83. The minimum absolute atomic E-state index is 0.00417. The van der Waals surface area contributed by atoms with Crippen molar-refractivity contribution >= 4 is 40.7 Å². The molecule has 144 valence electrons. The van der Waals surface area contributed by atoms with Crippen LogP contribution in [0.15, 0.2) is 53.7 Å². The third kappa shape index (κ3) is 4.79. The summed E-state index contributed by atoms with van der Waals surface area (Å²) in [4.78, 5) is 23.9. The summed E-state index contributed by atoms with van der Waals surface area (Å²) in [6, 6.07) is 14.3. The van der Waals surface area contributed by atoms with E-state index in [0.717, 1.165) is 5.56 Å². The van der Waals surface area contributed by atoms with E-state index in [1.807, 2.05) is 35.9 Å². The summed E-state index contributed by atoms with van der Waals surface area (Å²) in [6.45, 7) is 1.80. The number of nitrogens with one attached hydrogen (secondary N) is 1. The molecule has 0 saturated carbocycles. The molecule has 28 heavy (non-hydrogen) atoms. The topological polar surface area (TPSA) is 76.9 Å². The number of benzene rings is 2. The number of ketones is 1. The average molecular weight is 415 g/mol. The van der Waals surface area contributed by atoms with Crippen LogP contribution >= 0.6 is 23.4 Å². The standard InChI is InChI=1S/C20H19ClN4O2S/c1-3-18(27)22-16-6-4-5-14(11-16)19-23-24-20(25(19)2)28-12-17(26)13-7-9-15(21)10-8-13/h4-11H,3,12H2,1-2H3,(H,22,27). The van der Waals surface area contributed by atoms with Gasteiger partial charge in [0.05, 0.1) is 5.75 Å². The largest absolute Gasteiger partial charge is 0.326 e. The minimum Gasteiger partial charge on any atom is -0.326 e. The fraction of sp³-hybridized carbons (Fsp3) is 0.200. The van der Waals surface area contributed by atoms with Crippen LogP contribution in [0.1, 0.15) is 23.7 Å². The first-order chi connectivity index (χ1) is 13.5. The lowest BCUT2D eigenvalue weighted by molar-refractivity contribution is -0.115. The molecule has 0 unspecified atom stereocenters. The predicted molar refractivity (Wildman–Crippen MR) is 112 cm³/mol. The van der Waals surface area contributed by atoms with E-state index in [-0.39, 0.29) is 17.4 Å². The first kappa shape index (κ1) is 20.1. The summed E-state index contributed by atoms with van der Waals surface area (Å²) >= 11 is 7.18. The van der Waals surface area contributed by atoms with Crippen molar-refractivity contribution in [1.82, 2.24) is 14.8 Å². The molecule has 8 heteroatoms. The van der Waals surface area contributed by atoms with Gasteiger partial charge in [0.15, 0.2) is 16.8 Å².